The molecule has 0 fully saturated rings. The average Bonchev–Trinajstić information content (AvgIpc) is 2.97. The summed E-state index contributed by atoms with van der Waals surface area (Å²) in [7, 11) is 1.82. The third-order valence-corrected chi connectivity index (χ3v) is 3.75. The molecule has 0 aliphatic rings. The lowest BCUT2D eigenvalue weighted by atomic mass is 10.3. The van der Waals surface area contributed by atoms with E-state index in [0.717, 1.165) is 11.2 Å². The maximum atomic E-state index is 10.8. The van der Waals surface area contributed by atoms with Crippen molar-refractivity contribution in [1.29, 1.82) is 0 Å². The van der Waals surface area contributed by atoms with Gasteiger partial charge in [0.15, 0.2) is 11.7 Å². The fourth-order valence-corrected chi connectivity index (χ4v) is 2.31. The van der Waals surface area contributed by atoms with E-state index >= 15 is 0 Å². The molecule has 24 heavy (non-hydrogen) atoms. The predicted molar refractivity (Wildman–Crippen MR) is 91.2 cm³/mol. The van der Waals surface area contributed by atoms with Gasteiger partial charge in [0.1, 0.15) is 11.3 Å². The van der Waals surface area contributed by atoms with Crippen LogP contribution in [0.15, 0.2) is 46.9 Å². The second-order valence-corrected chi connectivity index (χ2v) is 5.70. The number of hydrogen-bond acceptors (Lipinski definition) is 5. The fourth-order valence-electron chi connectivity index (χ4n) is 2.14. The van der Waals surface area contributed by atoms with E-state index in [1.54, 1.807) is 47.4 Å². The van der Waals surface area contributed by atoms with Crippen LogP contribution in [0.2, 0.25) is 5.02 Å². The van der Waals surface area contributed by atoms with Crippen LogP contribution in [0.3, 0.4) is 0 Å². The van der Waals surface area contributed by atoms with Crippen LogP contribution in [-0.4, -0.2) is 29.2 Å². The molecule has 1 unspecified atom stereocenters. The second-order valence-electron chi connectivity index (χ2n) is 5.26. The molecular weight excluding hydrogens is 332 g/mol. The highest BCUT2D eigenvalue weighted by atomic mass is 35.5. The van der Waals surface area contributed by atoms with Crippen LogP contribution in [0.1, 0.15) is 6.92 Å². The molecule has 0 aliphatic heterocycles. The number of aromatic nitrogens is 1. The number of ether oxygens (including phenoxy) is 1. The summed E-state index contributed by atoms with van der Waals surface area (Å²) in [4.78, 5) is 17.0. The van der Waals surface area contributed by atoms with E-state index in [4.69, 9.17) is 25.9 Å². The minimum Gasteiger partial charge on any atom is -0.479 e. The number of anilines is 2. The molecule has 0 aliphatic carbocycles. The summed E-state index contributed by atoms with van der Waals surface area (Å²) in [5.41, 5.74) is 2.15. The molecule has 0 bridgehead atoms. The zero-order valence-corrected chi connectivity index (χ0v) is 13.8. The first-order chi connectivity index (χ1) is 11.4. The zero-order valence-electron chi connectivity index (χ0n) is 13.1. The van der Waals surface area contributed by atoms with Crippen molar-refractivity contribution in [3.05, 3.63) is 47.5 Å². The lowest BCUT2D eigenvalue weighted by Crippen LogP contribution is -2.22. The van der Waals surface area contributed by atoms with Gasteiger partial charge >= 0.3 is 12.0 Å². The number of benzene rings is 2. The van der Waals surface area contributed by atoms with Crippen molar-refractivity contribution in [2.45, 2.75) is 13.0 Å². The second kappa shape index (κ2) is 6.41. The Bertz CT molecular complexity index is 876. The molecule has 0 saturated heterocycles. The van der Waals surface area contributed by atoms with Crippen LogP contribution < -0.4 is 9.64 Å². The summed E-state index contributed by atoms with van der Waals surface area (Å²) in [6.07, 6.45) is -0.907. The number of carbonyl (C=O) groups is 1. The summed E-state index contributed by atoms with van der Waals surface area (Å²) >= 11 is 5.95. The number of aliphatic carboxylic acids is 1. The highest BCUT2D eigenvalue weighted by molar-refractivity contribution is 6.31. The summed E-state index contributed by atoms with van der Waals surface area (Å²) in [5.74, 6) is -0.535. The minimum absolute atomic E-state index is 0.430. The number of halogens is 1. The first-order valence-electron chi connectivity index (χ1n) is 7.23. The highest BCUT2D eigenvalue weighted by Gasteiger charge is 2.14. The van der Waals surface area contributed by atoms with E-state index in [-0.39, 0.29) is 0 Å². The molecule has 124 valence electrons. The van der Waals surface area contributed by atoms with Crippen LogP contribution in [-0.2, 0) is 4.79 Å². The quantitative estimate of drug-likeness (QED) is 0.749. The number of nitrogens with zero attached hydrogens (tertiary/aromatic N) is 2. The van der Waals surface area contributed by atoms with Crippen molar-refractivity contribution in [2.24, 2.45) is 0 Å². The van der Waals surface area contributed by atoms with Gasteiger partial charge in [0.25, 0.3) is 0 Å². The summed E-state index contributed by atoms with van der Waals surface area (Å²) in [6, 6.07) is 12.7. The van der Waals surface area contributed by atoms with Gasteiger partial charge in [-0.2, -0.15) is 4.98 Å². The summed E-state index contributed by atoms with van der Waals surface area (Å²) in [6.45, 7) is 1.48. The Balaban J connectivity index is 1.81. The van der Waals surface area contributed by atoms with Gasteiger partial charge in [0.05, 0.1) is 0 Å². The Morgan fingerprint density at radius 1 is 1.29 bits per heavy atom. The molecular formula is C17H15ClN2O4. The summed E-state index contributed by atoms with van der Waals surface area (Å²) in [5, 5.41) is 9.45. The standard InChI is InChI=1S/C17H15ClN2O4/c1-10(16(21)22)23-13-6-4-12(5-7-13)20(2)17-19-14-8-3-11(18)9-15(14)24-17/h3-10H,1-2H3,(H,21,22). The predicted octanol–water partition coefficient (Wildman–Crippen LogP) is 4.10. The molecule has 0 spiro atoms. The molecule has 7 heteroatoms. The molecule has 1 heterocycles. The van der Waals surface area contributed by atoms with Gasteiger partial charge < -0.3 is 14.3 Å². The first-order valence-corrected chi connectivity index (χ1v) is 7.61. The largest absolute Gasteiger partial charge is 0.479 e. The van der Waals surface area contributed by atoms with Crippen molar-refractivity contribution >= 4 is 40.4 Å². The Morgan fingerprint density at radius 2 is 2.00 bits per heavy atom. The van der Waals surface area contributed by atoms with Gasteiger partial charge in [-0.25, -0.2) is 4.79 Å². The van der Waals surface area contributed by atoms with Crippen molar-refractivity contribution in [3.63, 3.8) is 0 Å². The molecule has 1 N–H and O–H groups in total. The van der Waals surface area contributed by atoms with Crippen LogP contribution in [0.25, 0.3) is 11.1 Å². The Kier molecular flexibility index (Phi) is 4.31. The Morgan fingerprint density at radius 3 is 2.67 bits per heavy atom. The normalized spacial score (nSPS) is 12.1. The molecule has 0 amide bonds. The lowest BCUT2D eigenvalue weighted by Gasteiger charge is -2.16. The van der Waals surface area contributed by atoms with Crippen LogP contribution in [0, 0.1) is 0 Å². The molecule has 3 rings (SSSR count). The van der Waals surface area contributed by atoms with Gasteiger partial charge in [0.2, 0.25) is 0 Å². The van der Waals surface area contributed by atoms with Gasteiger partial charge in [0, 0.05) is 23.8 Å². The Labute approximate surface area is 143 Å². The molecule has 0 saturated carbocycles. The third-order valence-electron chi connectivity index (χ3n) is 3.51. The minimum atomic E-state index is -1.01. The van der Waals surface area contributed by atoms with E-state index < -0.39 is 12.1 Å². The van der Waals surface area contributed by atoms with Crippen LogP contribution >= 0.6 is 11.6 Å². The summed E-state index contributed by atoms with van der Waals surface area (Å²) < 4.78 is 11.0. The van der Waals surface area contributed by atoms with Crippen molar-refractivity contribution < 1.29 is 19.1 Å². The maximum absolute atomic E-state index is 10.8. The number of rotatable bonds is 5. The van der Waals surface area contributed by atoms with Crippen LogP contribution in [0.5, 0.6) is 5.75 Å². The molecule has 1 aromatic heterocycles. The average molecular weight is 347 g/mol. The smallest absolute Gasteiger partial charge is 0.344 e. The zero-order chi connectivity index (χ0) is 17.3. The third kappa shape index (κ3) is 3.28. The van der Waals surface area contributed by atoms with Gasteiger partial charge in [-0.1, -0.05) is 11.6 Å². The van der Waals surface area contributed by atoms with Crippen molar-refractivity contribution in [1.82, 2.24) is 4.98 Å². The number of fused-ring (bicyclic) bond motifs is 1. The monoisotopic (exact) mass is 346 g/mol. The van der Waals surface area contributed by atoms with E-state index in [2.05, 4.69) is 4.98 Å². The number of oxazole rings is 1. The van der Waals surface area contributed by atoms with E-state index in [0.29, 0.717) is 22.4 Å². The van der Waals surface area contributed by atoms with E-state index in [9.17, 15) is 4.79 Å². The van der Waals surface area contributed by atoms with Gasteiger partial charge in [-0.05, 0) is 43.3 Å². The van der Waals surface area contributed by atoms with E-state index in [1.807, 2.05) is 7.05 Å². The van der Waals surface area contributed by atoms with Gasteiger partial charge in [-0.3, -0.25) is 4.90 Å². The molecule has 3 aromatic rings. The number of carboxylic acid groups (broad SMARTS) is 1. The van der Waals surface area contributed by atoms with Crippen LogP contribution in [0.4, 0.5) is 11.7 Å². The molecule has 2 aromatic carbocycles. The number of carboxylic acids is 1. The molecule has 1 atom stereocenters. The lowest BCUT2D eigenvalue weighted by molar-refractivity contribution is -0.144. The topological polar surface area (TPSA) is 75.8 Å². The number of hydrogen-bond donors (Lipinski definition) is 1. The van der Waals surface area contributed by atoms with Crippen molar-refractivity contribution in [3.8, 4) is 5.75 Å². The first kappa shape index (κ1) is 16.1. The highest BCUT2D eigenvalue weighted by Crippen LogP contribution is 2.29. The van der Waals surface area contributed by atoms with Gasteiger partial charge in [-0.15, -0.1) is 0 Å². The molecule has 0 radical (unpaired) electrons. The van der Waals surface area contributed by atoms with E-state index in [1.165, 1.54) is 6.92 Å². The molecule has 6 nitrogen and oxygen atoms in total. The maximum Gasteiger partial charge on any atom is 0.344 e. The Hall–Kier alpha value is -2.73. The fraction of sp³-hybridized carbons (Fsp3) is 0.176. The van der Waals surface area contributed by atoms with Crippen molar-refractivity contribution in [2.75, 3.05) is 11.9 Å². The SMILES string of the molecule is CC(Oc1ccc(N(C)c2nc3ccc(Cl)cc3o2)cc1)C(=O)O.